The molecule has 5 heteroatoms. The van der Waals surface area contributed by atoms with Crippen molar-refractivity contribution in [2.75, 3.05) is 27.3 Å². The monoisotopic (exact) mass is 381 g/mol. The van der Waals surface area contributed by atoms with Crippen LogP contribution in [-0.2, 0) is 17.9 Å². The third-order valence-electron chi connectivity index (χ3n) is 5.12. The maximum atomic E-state index is 12.3. The number of carbonyl (C=O) groups excluding carboxylic acids is 1. The Balaban J connectivity index is 1.59. The van der Waals surface area contributed by atoms with E-state index in [1.165, 1.54) is 37.1 Å². The molecule has 0 aliphatic carbocycles. The molecule has 2 aromatic carbocycles. The van der Waals surface area contributed by atoms with Gasteiger partial charge in [-0.2, -0.15) is 0 Å². The van der Waals surface area contributed by atoms with Crippen LogP contribution in [0, 0.1) is 0 Å². The molecule has 28 heavy (non-hydrogen) atoms. The molecule has 2 N–H and O–H groups in total. The standard InChI is InChI=1S/C23H28N2O3/c1-27-21-13-18(14-22(15-21)28-2)9-10-23(26)24-16-19-7-3-4-8-20(19)17-25-11-5-6-12-25/h3-4,7-10,13-15H,5-6,11-12,16-17H2,1-2H3,(H,24,26)/p+1/b10-9+. The van der Waals surface area contributed by atoms with E-state index >= 15 is 0 Å². The van der Waals surface area contributed by atoms with Gasteiger partial charge in [-0.1, -0.05) is 24.3 Å². The molecule has 0 saturated carbocycles. The van der Waals surface area contributed by atoms with E-state index in [-0.39, 0.29) is 5.91 Å². The lowest BCUT2D eigenvalue weighted by Crippen LogP contribution is -3.08. The molecule has 1 heterocycles. The molecule has 3 rings (SSSR count). The molecule has 2 aromatic rings. The Morgan fingerprint density at radius 2 is 1.68 bits per heavy atom. The van der Waals surface area contributed by atoms with Gasteiger partial charge in [0.15, 0.2) is 0 Å². The number of carbonyl (C=O) groups is 1. The van der Waals surface area contributed by atoms with Crippen LogP contribution >= 0.6 is 0 Å². The molecule has 0 atom stereocenters. The lowest BCUT2D eigenvalue weighted by molar-refractivity contribution is -0.901. The predicted molar refractivity (Wildman–Crippen MR) is 111 cm³/mol. The van der Waals surface area contributed by atoms with Gasteiger partial charge in [0.05, 0.1) is 27.3 Å². The zero-order valence-corrected chi connectivity index (χ0v) is 16.7. The van der Waals surface area contributed by atoms with E-state index in [0.717, 1.165) is 12.1 Å². The first-order chi connectivity index (χ1) is 13.7. The minimum atomic E-state index is -0.120. The number of hydrogen-bond acceptors (Lipinski definition) is 3. The lowest BCUT2D eigenvalue weighted by atomic mass is 10.1. The van der Waals surface area contributed by atoms with Gasteiger partial charge in [0.1, 0.15) is 18.0 Å². The van der Waals surface area contributed by atoms with Crippen molar-refractivity contribution in [3.8, 4) is 11.5 Å². The zero-order valence-electron chi connectivity index (χ0n) is 16.7. The summed E-state index contributed by atoms with van der Waals surface area (Å²) >= 11 is 0. The van der Waals surface area contributed by atoms with E-state index in [1.54, 1.807) is 37.3 Å². The summed E-state index contributed by atoms with van der Waals surface area (Å²) in [5.74, 6) is 1.26. The molecular weight excluding hydrogens is 352 g/mol. The second-order valence-corrected chi connectivity index (χ2v) is 7.10. The quantitative estimate of drug-likeness (QED) is 0.690. The van der Waals surface area contributed by atoms with Crippen molar-refractivity contribution in [3.05, 3.63) is 65.2 Å². The van der Waals surface area contributed by atoms with Gasteiger partial charge >= 0.3 is 0 Å². The minimum Gasteiger partial charge on any atom is -0.497 e. The molecule has 1 aliphatic heterocycles. The maximum absolute atomic E-state index is 12.3. The van der Waals surface area contributed by atoms with Gasteiger partial charge in [0, 0.05) is 37.1 Å². The Bertz CT molecular complexity index is 804. The van der Waals surface area contributed by atoms with Gasteiger partial charge in [-0.3, -0.25) is 4.79 Å². The summed E-state index contributed by atoms with van der Waals surface area (Å²) in [4.78, 5) is 13.9. The first-order valence-electron chi connectivity index (χ1n) is 9.77. The van der Waals surface area contributed by atoms with E-state index in [9.17, 15) is 4.79 Å². The molecule has 148 valence electrons. The fourth-order valence-corrected chi connectivity index (χ4v) is 3.56. The molecule has 1 fully saturated rings. The molecule has 1 aliphatic rings. The summed E-state index contributed by atoms with van der Waals surface area (Å²) in [6.07, 6.45) is 5.94. The van der Waals surface area contributed by atoms with Crippen molar-refractivity contribution >= 4 is 12.0 Å². The Hall–Kier alpha value is -2.79. The number of likely N-dealkylation sites (tertiary alicyclic amines) is 1. The molecule has 0 aromatic heterocycles. The normalized spacial score (nSPS) is 14.4. The number of methoxy groups -OCH3 is 2. The van der Waals surface area contributed by atoms with E-state index < -0.39 is 0 Å². The van der Waals surface area contributed by atoms with Crippen LogP contribution in [0.4, 0.5) is 0 Å². The highest BCUT2D eigenvalue weighted by molar-refractivity contribution is 5.91. The third kappa shape index (κ3) is 5.60. The highest BCUT2D eigenvalue weighted by atomic mass is 16.5. The van der Waals surface area contributed by atoms with Crippen LogP contribution in [0.25, 0.3) is 6.08 Å². The summed E-state index contributed by atoms with van der Waals surface area (Å²) in [6, 6.07) is 13.9. The van der Waals surface area contributed by atoms with Crippen molar-refractivity contribution in [1.29, 1.82) is 0 Å². The Labute approximate surface area is 167 Å². The third-order valence-corrected chi connectivity index (χ3v) is 5.12. The van der Waals surface area contributed by atoms with Crippen LogP contribution in [0.1, 0.15) is 29.5 Å². The van der Waals surface area contributed by atoms with E-state index in [0.29, 0.717) is 18.0 Å². The number of hydrogen-bond donors (Lipinski definition) is 2. The molecule has 1 amide bonds. The summed E-state index contributed by atoms with van der Waals surface area (Å²) in [5.41, 5.74) is 3.36. The van der Waals surface area contributed by atoms with Crippen molar-refractivity contribution in [1.82, 2.24) is 5.32 Å². The highest BCUT2D eigenvalue weighted by Crippen LogP contribution is 2.23. The van der Waals surface area contributed by atoms with Crippen LogP contribution in [-0.4, -0.2) is 33.2 Å². The van der Waals surface area contributed by atoms with Crippen LogP contribution < -0.4 is 19.7 Å². The van der Waals surface area contributed by atoms with Crippen molar-refractivity contribution < 1.29 is 19.2 Å². The van der Waals surface area contributed by atoms with Crippen molar-refractivity contribution in [2.45, 2.75) is 25.9 Å². The van der Waals surface area contributed by atoms with Crippen LogP contribution in [0.15, 0.2) is 48.5 Å². The smallest absolute Gasteiger partial charge is 0.244 e. The summed E-state index contributed by atoms with van der Waals surface area (Å²) in [6.45, 7) is 4.06. The Morgan fingerprint density at radius 3 is 2.32 bits per heavy atom. The number of rotatable bonds is 8. The number of benzene rings is 2. The predicted octanol–water partition coefficient (Wildman–Crippen LogP) is 2.21. The lowest BCUT2D eigenvalue weighted by Gasteiger charge is -2.15. The van der Waals surface area contributed by atoms with Gasteiger partial charge in [-0.25, -0.2) is 0 Å². The molecule has 0 radical (unpaired) electrons. The SMILES string of the molecule is COc1cc(/C=C/C(=O)NCc2ccccc2C[NH+]2CCCC2)cc(OC)c1. The number of ether oxygens (including phenoxy) is 2. The number of quaternary nitrogens is 1. The average Bonchev–Trinajstić information content (AvgIpc) is 3.24. The molecule has 1 saturated heterocycles. The first kappa shape index (κ1) is 20.0. The van der Waals surface area contributed by atoms with E-state index in [1.807, 2.05) is 18.2 Å². The highest BCUT2D eigenvalue weighted by Gasteiger charge is 2.17. The maximum Gasteiger partial charge on any atom is 0.244 e. The molecule has 5 nitrogen and oxygen atoms in total. The molecule has 0 bridgehead atoms. The van der Waals surface area contributed by atoms with E-state index in [2.05, 4.69) is 23.5 Å². The minimum absolute atomic E-state index is 0.120. The zero-order chi connectivity index (χ0) is 19.8. The van der Waals surface area contributed by atoms with Crippen molar-refractivity contribution in [2.24, 2.45) is 0 Å². The van der Waals surface area contributed by atoms with Gasteiger partial charge in [-0.05, 0) is 29.3 Å². The second-order valence-electron chi connectivity index (χ2n) is 7.10. The summed E-state index contributed by atoms with van der Waals surface area (Å²) in [5, 5.41) is 2.99. The first-order valence-corrected chi connectivity index (χ1v) is 9.77. The largest absolute Gasteiger partial charge is 0.497 e. The van der Waals surface area contributed by atoms with Crippen LogP contribution in [0.5, 0.6) is 11.5 Å². The van der Waals surface area contributed by atoms with Gasteiger partial charge in [0.25, 0.3) is 0 Å². The van der Waals surface area contributed by atoms with Gasteiger partial charge in [-0.15, -0.1) is 0 Å². The fraction of sp³-hybridized carbons (Fsp3) is 0.348. The summed E-state index contributed by atoms with van der Waals surface area (Å²) in [7, 11) is 3.21. The average molecular weight is 381 g/mol. The van der Waals surface area contributed by atoms with Gasteiger partial charge < -0.3 is 19.7 Å². The number of nitrogens with one attached hydrogen (secondary N) is 2. The Morgan fingerprint density at radius 1 is 1.04 bits per heavy atom. The molecule has 0 spiro atoms. The fourth-order valence-electron chi connectivity index (χ4n) is 3.56. The van der Waals surface area contributed by atoms with Crippen LogP contribution in [0.3, 0.4) is 0 Å². The van der Waals surface area contributed by atoms with Crippen LogP contribution in [0.2, 0.25) is 0 Å². The van der Waals surface area contributed by atoms with E-state index in [4.69, 9.17) is 9.47 Å². The topological polar surface area (TPSA) is 52.0 Å². The molecule has 0 unspecified atom stereocenters. The summed E-state index contributed by atoms with van der Waals surface area (Å²) < 4.78 is 10.5. The van der Waals surface area contributed by atoms with Crippen molar-refractivity contribution in [3.63, 3.8) is 0 Å². The second kappa shape index (κ2) is 9.95. The number of amides is 1. The Kier molecular flexibility index (Phi) is 7.09. The molecular formula is C23H29N2O3+. The van der Waals surface area contributed by atoms with Gasteiger partial charge in [0.2, 0.25) is 5.91 Å².